The van der Waals surface area contributed by atoms with Crippen molar-refractivity contribution >= 4 is 21.4 Å². The molecule has 2 saturated heterocycles. The number of benzene rings is 1. The van der Waals surface area contributed by atoms with Crippen molar-refractivity contribution in [2.24, 2.45) is 0 Å². The topological polar surface area (TPSA) is 84.9 Å². The zero-order chi connectivity index (χ0) is 19.4. The first-order valence-electron chi connectivity index (χ1n) is 8.77. The van der Waals surface area contributed by atoms with E-state index in [1.54, 1.807) is 0 Å². The molecule has 27 heavy (non-hydrogen) atoms. The Bertz CT molecular complexity index is 751. The van der Waals surface area contributed by atoms with E-state index >= 15 is 0 Å². The van der Waals surface area contributed by atoms with Crippen molar-refractivity contribution in [2.75, 3.05) is 31.6 Å². The Morgan fingerprint density at radius 2 is 1.85 bits per heavy atom. The van der Waals surface area contributed by atoms with Crippen LogP contribution in [-0.2, 0) is 24.1 Å². The summed E-state index contributed by atoms with van der Waals surface area (Å²) in [6, 6.07) is 4.72. The van der Waals surface area contributed by atoms with Crippen molar-refractivity contribution in [2.45, 2.75) is 42.2 Å². The molecule has 1 aromatic rings. The highest BCUT2D eigenvalue weighted by Gasteiger charge is 2.34. The zero-order valence-electron chi connectivity index (χ0n) is 14.6. The van der Waals surface area contributed by atoms with Crippen LogP contribution in [0.25, 0.3) is 0 Å². The number of nitrogens with zero attached hydrogens (tertiary/aromatic N) is 1. The molecule has 2 heterocycles. The Hall–Kier alpha value is -1.62. The number of carbonyl (C=O) groups excluding carboxylic acids is 1. The lowest BCUT2D eigenvalue weighted by atomic mass is 10.0. The lowest BCUT2D eigenvalue weighted by Crippen LogP contribution is -2.50. The number of ether oxygens (including phenoxy) is 2. The third kappa shape index (κ3) is 4.81. The number of rotatable bonds is 6. The van der Waals surface area contributed by atoms with E-state index < -0.39 is 20.5 Å². The maximum Gasteiger partial charge on any atom is 0.341 e. The summed E-state index contributed by atoms with van der Waals surface area (Å²) in [4.78, 5) is 13.9. The first-order valence-corrected chi connectivity index (χ1v) is 10.3. The normalized spacial score (nSPS) is 22.3. The minimum atomic E-state index is -4.64. The maximum atomic E-state index is 12.6. The van der Waals surface area contributed by atoms with Gasteiger partial charge in [-0.25, -0.2) is 8.42 Å². The van der Waals surface area contributed by atoms with Gasteiger partial charge in [-0.3, -0.25) is 9.69 Å². The lowest BCUT2D eigenvalue weighted by Gasteiger charge is -2.37. The highest BCUT2D eigenvalue weighted by atomic mass is 32.2. The highest BCUT2D eigenvalue weighted by Crippen LogP contribution is 2.24. The number of alkyl halides is 2. The number of nitrogens with one attached hydrogen (secondary N) is 1. The molecule has 0 spiro atoms. The van der Waals surface area contributed by atoms with Crippen molar-refractivity contribution in [1.82, 2.24) is 4.90 Å². The van der Waals surface area contributed by atoms with Crippen molar-refractivity contribution in [3.8, 4) is 0 Å². The summed E-state index contributed by atoms with van der Waals surface area (Å²) in [5.74, 6) is -3.75. The van der Waals surface area contributed by atoms with E-state index in [0.29, 0.717) is 18.9 Å². The van der Waals surface area contributed by atoms with Crippen molar-refractivity contribution < 1.29 is 31.5 Å². The van der Waals surface area contributed by atoms with E-state index in [4.69, 9.17) is 9.47 Å². The summed E-state index contributed by atoms with van der Waals surface area (Å²) in [6.45, 7) is 2.00. The van der Waals surface area contributed by atoms with E-state index in [1.165, 1.54) is 12.1 Å². The Morgan fingerprint density at radius 1 is 1.19 bits per heavy atom. The van der Waals surface area contributed by atoms with Gasteiger partial charge in [0.15, 0.2) is 6.29 Å². The molecule has 2 aliphatic rings. The molecule has 0 saturated carbocycles. The Balaban J connectivity index is 1.60. The molecular formula is C17H22F2N2O5S. The molecule has 1 amide bonds. The molecule has 150 valence electrons. The van der Waals surface area contributed by atoms with Crippen molar-refractivity contribution in [3.05, 3.63) is 24.3 Å². The Kier molecular flexibility index (Phi) is 6.40. The number of sulfone groups is 1. The van der Waals surface area contributed by atoms with Crippen LogP contribution in [0.2, 0.25) is 0 Å². The summed E-state index contributed by atoms with van der Waals surface area (Å²) < 4.78 is 59.1. The van der Waals surface area contributed by atoms with E-state index in [2.05, 4.69) is 5.32 Å². The van der Waals surface area contributed by atoms with Crippen LogP contribution >= 0.6 is 0 Å². The Labute approximate surface area is 156 Å². The van der Waals surface area contributed by atoms with Gasteiger partial charge in [0.25, 0.3) is 0 Å². The quantitative estimate of drug-likeness (QED) is 0.779. The molecule has 0 bridgehead atoms. The van der Waals surface area contributed by atoms with Crippen LogP contribution in [0.4, 0.5) is 14.5 Å². The van der Waals surface area contributed by atoms with Crippen LogP contribution < -0.4 is 5.32 Å². The second-order valence-electron chi connectivity index (χ2n) is 6.52. The molecule has 0 radical (unpaired) electrons. The molecule has 7 nitrogen and oxygen atoms in total. The Morgan fingerprint density at radius 3 is 2.48 bits per heavy atom. The predicted octanol–water partition coefficient (Wildman–Crippen LogP) is 1.85. The SMILES string of the molecule is O=C(CN1CCCCC1C1OCCO1)Nc1ccc(S(=O)(=O)C(F)F)cc1. The number of likely N-dealkylation sites (tertiary alicyclic amines) is 1. The number of halogens is 2. The highest BCUT2D eigenvalue weighted by molar-refractivity contribution is 7.91. The summed E-state index contributed by atoms with van der Waals surface area (Å²) in [6.07, 6.45) is 2.60. The molecule has 1 N–H and O–H groups in total. The van der Waals surface area contributed by atoms with Crippen molar-refractivity contribution in [3.63, 3.8) is 0 Å². The zero-order valence-corrected chi connectivity index (χ0v) is 15.5. The average molecular weight is 404 g/mol. The number of carbonyl (C=O) groups is 1. The van der Waals surface area contributed by atoms with Gasteiger partial charge in [-0.2, -0.15) is 8.78 Å². The van der Waals surface area contributed by atoms with Gasteiger partial charge in [0.2, 0.25) is 15.7 Å². The molecule has 3 rings (SSSR count). The molecule has 1 atom stereocenters. The van der Waals surface area contributed by atoms with Crippen LogP contribution in [0.1, 0.15) is 19.3 Å². The van der Waals surface area contributed by atoms with Gasteiger partial charge in [-0.05, 0) is 43.7 Å². The standard InChI is InChI=1S/C17H22F2N2O5S/c18-17(19)27(23,24)13-6-4-12(5-7-13)20-15(22)11-21-8-2-1-3-14(21)16-25-9-10-26-16/h4-7,14,16-17H,1-3,8-11H2,(H,20,22). The fourth-order valence-electron chi connectivity index (χ4n) is 3.34. The predicted molar refractivity (Wildman–Crippen MR) is 93.2 cm³/mol. The van der Waals surface area contributed by atoms with Gasteiger partial charge in [-0.1, -0.05) is 6.42 Å². The molecule has 0 aliphatic carbocycles. The molecule has 2 fully saturated rings. The lowest BCUT2D eigenvalue weighted by molar-refractivity contribution is -0.127. The van der Waals surface area contributed by atoms with E-state index in [9.17, 15) is 22.0 Å². The summed E-state index contributed by atoms with van der Waals surface area (Å²) >= 11 is 0. The third-order valence-electron chi connectivity index (χ3n) is 4.67. The smallest absolute Gasteiger partial charge is 0.341 e. The molecule has 1 unspecified atom stereocenters. The van der Waals surface area contributed by atoms with Crippen LogP contribution in [0.3, 0.4) is 0 Å². The number of piperidine rings is 1. The monoisotopic (exact) mass is 404 g/mol. The van der Waals surface area contributed by atoms with Crippen LogP contribution in [0.5, 0.6) is 0 Å². The number of anilines is 1. The number of amides is 1. The van der Waals surface area contributed by atoms with Crippen LogP contribution in [-0.4, -0.2) is 63.6 Å². The molecular weight excluding hydrogens is 382 g/mol. The summed E-state index contributed by atoms with van der Waals surface area (Å²) in [5, 5.41) is 2.66. The van der Waals surface area contributed by atoms with Crippen LogP contribution in [0.15, 0.2) is 29.2 Å². The van der Waals surface area contributed by atoms with Gasteiger partial charge >= 0.3 is 5.76 Å². The average Bonchev–Trinajstić information content (AvgIpc) is 3.17. The first-order chi connectivity index (χ1) is 12.9. The maximum absolute atomic E-state index is 12.6. The largest absolute Gasteiger partial charge is 0.349 e. The second-order valence-corrected chi connectivity index (χ2v) is 8.44. The van der Waals surface area contributed by atoms with E-state index in [0.717, 1.165) is 37.9 Å². The van der Waals surface area contributed by atoms with Gasteiger partial charge < -0.3 is 14.8 Å². The minimum Gasteiger partial charge on any atom is -0.349 e. The van der Waals surface area contributed by atoms with Gasteiger partial charge in [0.05, 0.1) is 30.7 Å². The molecule has 0 aromatic heterocycles. The van der Waals surface area contributed by atoms with E-state index in [1.807, 2.05) is 4.90 Å². The number of hydrogen-bond acceptors (Lipinski definition) is 6. The van der Waals surface area contributed by atoms with Crippen molar-refractivity contribution in [1.29, 1.82) is 0 Å². The summed E-state index contributed by atoms with van der Waals surface area (Å²) in [5.41, 5.74) is 0.343. The number of hydrogen-bond donors (Lipinski definition) is 1. The first kappa shape index (κ1) is 20.1. The van der Waals surface area contributed by atoms with Gasteiger partial charge in [0.1, 0.15) is 0 Å². The molecule has 2 aliphatic heterocycles. The van der Waals surface area contributed by atoms with Crippen LogP contribution in [0, 0.1) is 0 Å². The second kappa shape index (κ2) is 8.59. The third-order valence-corrected chi connectivity index (χ3v) is 6.07. The minimum absolute atomic E-state index is 0.0190. The van der Waals surface area contributed by atoms with Gasteiger partial charge in [-0.15, -0.1) is 0 Å². The fourth-order valence-corrected chi connectivity index (χ4v) is 4.06. The fraction of sp³-hybridized carbons (Fsp3) is 0.588. The molecule has 10 heteroatoms. The van der Waals surface area contributed by atoms with E-state index in [-0.39, 0.29) is 24.8 Å². The van der Waals surface area contributed by atoms with Gasteiger partial charge in [0, 0.05) is 5.69 Å². The summed E-state index contributed by atoms with van der Waals surface area (Å²) in [7, 11) is -4.64. The molecule has 1 aromatic carbocycles.